The zero-order chi connectivity index (χ0) is 10.0. The monoisotopic (exact) mass is 183 g/mol. The van der Waals surface area contributed by atoms with Crippen molar-refractivity contribution in [1.82, 2.24) is 0 Å². The molecule has 70 valence electrons. The molecule has 1 heterocycles. The number of hydrogen-bond donors (Lipinski definition) is 2. The Morgan fingerprint density at radius 1 is 1.77 bits per heavy atom. The van der Waals surface area contributed by atoms with Gasteiger partial charge in [0, 0.05) is 6.21 Å². The number of carboxylic acids is 1. The average molecular weight is 183 g/mol. The van der Waals surface area contributed by atoms with E-state index >= 15 is 0 Å². The van der Waals surface area contributed by atoms with Crippen molar-refractivity contribution in [2.75, 3.05) is 0 Å². The lowest BCUT2D eigenvalue weighted by Gasteiger charge is -2.11. The van der Waals surface area contributed by atoms with Crippen molar-refractivity contribution >= 4 is 23.9 Å². The minimum Gasteiger partial charge on any atom is -0.480 e. The van der Waals surface area contributed by atoms with Gasteiger partial charge in [0.1, 0.15) is 5.84 Å². The molecule has 1 rings (SSSR count). The van der Waals surface area contributed by atoms with Gasteiger partial charge in [-0.25, -0.2) is 4.99 Å². The van der Waals surface area contributed by atoms with Crippen LogP contribution in [0.4, 0.5) is 0 Å². The summed E-state index contributed by atoms with van der Waals surface area (Å²) in [5.74, 6) is -3.07. The number of aliphatic carboxylic acids is 1. The molecule has 0 fully saturated rings. The first-order valence-electron chi connectivity index (χ1n) is 3.67. The number of hydrogen-bond acceptors (Lipinski definition) is 4. The number of carbonyl (C=O) groups is 2. The van der Waals surface area contributed by atoms with Crippen LogP contribution in [0.25, 0.3) is 0 Å². The van der Waals surface area contributed by atoms with Gasteiger partial charge in [-0.1, -0.05) is 0 Å². The van der Waals surface area contributed by atoms with Gasteiger partial charge in [-0.15, -0.1) is 0 Å². The molecule has 0 radical (unpaired) electrons. The summed E-state index contributed by atoms with van der Waals surface area (Å²) in [6.45, 7) is 1.62. The first kappa shape index (κ1) is 9.53. The number of nitrogens with two attached hydrogens (primary N) is 1. The Balaban J connectivity index is 2.85. The number of nitrogens with zero attached hydrogens (tertiary/aromatic N) is 2. The molecule has 0 spiro atoms. The van der Waals surface area contributed by atoms with Crippen molar-refractivity contribution in [3.63, 3.8) is 0 Å². The summed E-state index contributed by atoms with van der Waals surface area (Å²) in [6.07, 6.45) is 1.05. The molecule has 0 aromatic rings. The summed E-state index contributed by atoms with van der Waals surface area (Å²) in [7, 11) is 0. The first-order chi connectivity index (χ1) is 6.02. The van der Waals surface area contributed by atoms with Crippen molar-refractivity contribution in [3.05, 3.63) is 0 Å². The molecule has 6 heteroatoms. The van der Waals surface area contributed by atoms with Crippen molar-refractivity contribution in [1.29, 1.82) is 0 Å². The minimum absolute atomic E-state index is 0.169. The maximum Gasteiger partial charge on any atom is 0.321 e. The van der Waals surface area contributed by atoms with Crippen LogP contribution in [0.3, 0.4) is 0 Å². The maximum absolute atomic E-state index is 11.0. The third-order valence-corrected chi connectivity index (χ3v) is 1.52. The molecule has 0 aromatic carbocycles. The second-order valence-corrected chi connectivity index (χ2v) is 2.69. The maximum atomic E-state index is 11.0. The van der Waals surface area contributed by atoms with Gasteiger partial charge in [0.2, 0.25) is 0 Å². The fourth-order valence-electron chi connectivity index (χ4n) is 0.815. The largest absolute Gasteiger partial charge is 0.480 e. The fourth-order valence-corrected chi connectivity index (χ4v) is 0.815. The summed E-state index contributed by atoms with van der Waals surface area (Å²) in [5, 5.41) is 8.52. The molecule has 1 aliphatic rings. The number of amidine groups is 1. The van der Waals surface area contributed by atoms with E-state index in [1.165, 1.54) is 0 Å². The summed E-state index contributed by atoms with van der Waals surface area (Å²) >= 11 is 0. The zero-order valence-electron chi connectivity index (χ0n) is 6.97. The van der Waals surface area contributed by atoms with Crippen LogP contribution in [0.15, 0.2) is 9.98 Å². The van der Waals surface area contributed by atoms with Crippen LogP contribution in [0.1, 0.15) is 6.92 Å². The molecule has 2 unspecified atom stereocenters. The fraction of sp³-hybridized carbons (Fsp3) is 0.429. The molecule has 1 aliphatic heterocycles. The molecule has 0 saturated carbocycles. The van der Waals surface area contributed by atoms with E-state index in [2.05, 4.69) is 9.98 Å². The third kappa shape index (κ3) is 1.97. The van der Waals surface area contributed by atoms with E-state index in [9.17, 15) is 9.59 Å². The lowest BCUT2D eigenvalue weighted by atomic mass is 10.1. The predicted molar refractivity (Wildman–Crippen MR) is 45.7 cm³/mol. The van der Waals surface area contributed by atoms with E-state index in [0.717, 1.165) is 6.21 Å². The molecule has 0 aliphatic carbocycles. The van der Waals surface area contributed by atoms with Crippen LogP contribution >= 0.6 is 0 Å². The molecule has 6 nitrogen and oxygen atoms in total. The number of rotatable bonds is 2. The molecule has 3 N–H and O–H groups in total. The highest BCUT2D eigenvalue weighted by Gasteiger charge is 2.27. The second-order valence-electron chi connectivity index (χ2n) is 2.69. The van der Waals surface area contributed by atoms with E-state index in [1.807, 2.05) is 0 Å². The van der Waals surface area contributed by atoms with Crippen LogP contribution in [0, 0.1) is 5.92 Å². The van der Waals surface area contributed by atoms with Crippen molar-refractivity contribution < 1.29 is 14.7 Å². The smallest absolute Gasteiger partial charge is 0.321 e. The van der Waals surface area contributed by atoms with Gasteiger partial charge < -0.3 is 10.8 Å². The van der Waals surface area contributed by atoms with Gasteiger partial charge in [0.25, 0.3) is 5.91 Å². The molecule has 13 heavy (non-hydrogen) atoms. The number of amides is 1. The van der Waals surface area contributed by atoms with E-state index in [0.29, 0.717) is 0 Å². The van der Waals surface area contributed by atoms with E-state index < -0.39 is 23.8 Å². The van der Waals surface area contributed by atoms with Gasteiger partial charge in [-0.05, 0) is 6.92 Å². The molecule has 0 saturated heterocycles. The Morgan fingerprint density at radius 3 is 2.77 bits per heavy atom. The predicted octanol–water partition coefficient (Wildman–Crippen LogP) is -0.956. The number of carbonyl (C=O) groups excluding carboxylic acids is 1. The normalized spacial score (nSPS) is 24.0. The lowest BCUT2D eigenvalue weighted by molar-refractivity contribution is -0.142. The summed E-state index contributed by atoms with van der Waals surface area (Å²) in [5.41, 5.74) is 5.41. The first-order valence-corrected chi connectivity index (χ1v) is 3.67. The highest BCUT2D eigenvalue weighted by atomic mass is 16.4. The second kappa shape index (κ2) is 3.44. The SMILES string of the molecule is CC(N)C1=NC(=O)C(C(=O)O)C=N1. The van der Waals surface area contributed by atoms with Crippen molar-refractivity contribution in [2.24, 2.45) is 21.6 Å². The highest BCUT2D eigenvalue weighted by Crippen LogP contribution is 2.05. The Hall–Kier alpha value is -1.56. The van der Waals surface area contributed by atoms with Gasteiger partial charge in [0.05, 0.1) is 6.04 Å². The number of aliphatic imine (C=N–C) groups is 2. The summed E-state index contributed by atoms with van der Waals surface area (Å²) in [6, 6.07) is -0.463. The van der Waals surface area contributed by atoms with Crippen LogP contribution in [-0.4, -0.2) is 35.1 Å². The van der Waals surface area contributed by atoms with Crippen LogP contribution in [0.2, 0.25) is 0 Å². The van der Waals surface area contributed by atoms with Crippen molar-refractivity contribution in [3.8, 4) is 0 Å². The van der Waals surface area contributed by atoms with E-state index in [-0.39, 0.29) is 5.84 Å². The molecule has 0 bridgehead atoms. The van der Waals surface area contributed by atoms with Crippen LogP contribution < -0.4 is 5.73 Å². The number of carboxylic acid groups (broad SMARTS) is 1. The summed E-state index contributed by atoms with van der Waals surface area (Å²) < 4.78 is 0. The Morgan fingerprint density at radius 2 is 2.38 bits per heavy atom. The van der Waals surface area contributed by atoms with E-state index in [4.69, 9.17) is 10.8 Å². The lowest BCUT2D eigenvalue weighted by Crippen LogP contribution is -2.34. The Bertz CT molecular complexity index is 306. The third-order valence-electron chi connectivity index (χ3n) is 1.52. The van der Waals surface area contributed by atoms with Crippen molar-refractivity contribution in [2.45, 2.75) is 13.0 Å². The minimum atomic E-state index is -1.26. The molecular formula is C7H9N3O3. The quantitative estimate of drug-likeness (QED) is 0.538. The Labute approximate surface area is 74.2 Å². The van der Waals surface area contributed by atoms with Crippen LogP contribution in [-0.2, 0) is 9.59 Å². The molecule has 0 aromatic heterocycles. The van der Waals surface area contributed by atoms with Crippen LogP contribution in [0.5, 0.6) is 0 Å². The van der Waals surface area contributed by atoms with Gasteiger partial charge in [-0.3, -0.25) is 9.59 Å². The zero-order valence-corrected chi connectivity index (χ0v) is 6.97. The molecule has 2 atom stereocenters. The standard InChI is InChI=1S/C7H9N3O3/c1-3(8)5-9-2-4(7(12)13)6(11)10-5/h2-4H,8H2,1H3,(H,12,13). The van der Waals surface area contributed by atoms with Gasteiger partial charge in [-0.2, -0.15) is 4.99 Å². The summed E-state index contributed by atoms with van der Waals surface area (Å²) in [4.78, 5) is 28.6. The topological polar surface area (TPSA) is 105 Å². The Kier molecular flexibility index (Phi) is 2.52. The van der Waals surface area contributed by atoms with E-state index in [1.54, 1.807) is 6.92 Å². The molecular weight excluding hydrogens is 174 g/mol. The van der Waals surface area contributed by atoms with Gasteiger partial charge >= 0.3 is 5.97 Å². The highest BCUT2D eigenvalue weighted by molar-refractivity contribution is 6.19. The molecule has 1 amide bonds. The van der Waals surface area contributed by atoms with Gasteiger partial charge in [0.15, 0.2) is 5.92 Å². The average Bonchev–Trinajstić information content (AvgIpc) is 2.03.